The molecule has 1 aromatic carbocycles. The average Bonchev–Trinajstić information content (AvgIpc) is 2.46. The van der Waals surface area contributed by atoms with Crippen molar-refractivity contribution in [1.82, 2.24) is 10.6 Å². The maximum atomic E-state index is 12.4. The van der Waals surface area contributed by atoms with Gasteiger partial charge in [0.15, 0.2) is 6.10 Å². The maximum absolute atomic E-state index is 12.4. The molecule has 0 spiro atoms. The molecule has 0 bridgehead atoms. The van der Waals surface area contributed by atoms with E-state index in [2.05, 4.69) is 10.6 Å². The number of alkyl halides is 3. The smallest absolute Gasteiger partial charge is 0.378 e. The van der Waals surface area contributed by atoms with Crippen molar-refractivity contribution in [2.45, 2.75) is 31.2 Å². The number of hydrogen-bond donors (Lipinski definition) is 3. The molecule has 0 radical (unpaired) electrons. The molecule has 1 heterocycles. The summed E-state index contributed by atoms with van der Waals surface area (Å²) in [6.07, 6.45) is -4.35. The Labute approximate surface area is 120 Å². The van der Waals surface area contributed by atoms with E-state index in [4.69, 9.17) is 0 Å². The van der Waals surface area contributed by atoms with E-state index in [-0.39, 0.29) is 11.6 Å². The summed E-state index contributed by atoms with van der Waals surface area (Å²) in [5, 5.41) is 15.8. The summed E-state index contributed by atoms with van der Waals surface area (Å²) in [5.41, 5.74) is -0.661. The lowest BCUT2D eigenvalue weighted by Gasteiger charge is -2.25. The Morgan fingerprint density at radius 3 is 2.33 bits per heavy atom. The van der Waals surface area contributed by atoms with Gasteiger partial charge in [0.05, 0.1) is 5.56 Å². The zero-order valence-corrected chi connectivity index (χ0v) is 11.3. The third-order valence-electron chi connectivity index (χ3n) is 3.49. The fourth-order valence-corrected chi connectivity index (χ4v) is 2.25. The van der Waals surface area contributed by atoms with Gasteiger partial charge in [0.2, 0.25) is 0 Å². The molecule has 2 rings (SSSR count). The van der Waals surface area contributed by atoms with E-state index >= 15 is 0 Å². The first kappa shape index (κ1) is 15.8. The topological polar surface area (TPSA) is 61.4 Å². The van der Waals surface area contributed by atoms with E-state index in [0.29, 0.717) is 0 Å². The summed E-state index contributed by atoms with van der Waals surface area (Å²) in [7, 11) is 0. The fourth-order valence-electron chi connectivity index (χ4n) is 2.25. The van der Waals surface area contributed by atoms with Gasteiger partial charge in [-0.3, -0.25) is 4.79 Å². The van der Waals surface area contributed by atoms with Crippen LogP contribution in [0.2, 0.25) is 0 Å². The van der Waals surface area contributed by atoms with Gasteiger partial charge in [-0.1, -0.05) is 12.1 Å². The zero-order chi connectivity index (χ0) is 15.5. The third kappa shape index (κ3) is 4.18. The van der Waals surface area contributed by atoms with E-state index in [9.17, 15) is 23.1 Å². The van der Waals surface area contributed by atoms with Crippen molar-refractivity contribution in [3.05, 3.63) is 35.4 Å². The van der Waals surface area contributed by atoms with E-state index < -0.39 is 23.8 Å². The van der Waals surface area contributed by atoms with Crippen LogP contribution >= 0.6 is 0 Å². The van der Waals surface area contributed by atoms with Crippen LogP contribution in [0.4, 0.5) is 13.2 Å². The monoisotopic (exact) mass is 302 g/mol. The number of nitrogens with one attached hydrogen (secondary N) is 2. The zero-order valence-electron chi connectivity index (χ0n) is 11.3. The van der Waals surface area contributed by atoms with Gasteiger partial charge in [-0.25, -0.2) is 0 Å². The van der Waals surface area contributed by atoms with Crippen LogP contribution in [0, 0.1) is 0 Å². The van der Waals surface area contributed by atoms with E-state index in [0.717, 1.165) is 50.2 Å². The number of carbonyl (C=O) groups is 1. The summed E-state index contributed by atoms with van der Waals surface area (Å²) in [4.78, 5) is 11.9. The van der Waals surface area contributed by atoms with Gasteiger partial charge in [-0.05, 0) is 43.6 Å². The summed E-state index contributed by atoms with van der Waals surface area (Å²) < 4.78 is 37.3. The Hall–Kier alpha value is -1.60. The van der Waals surface area contributed by atoms with Crippen LogP contribution in [0.3, 0.4) is 0 Å². The molecule has 1 fully saturated rings. The third-order valence-corrected chi connectivity index (χ3v) is 3.49. The molecule has 21 heavy (non-hydrogen) atoms. The summed E-state index contributed by atoms with van der Waals surface area (Å²) >= 11 is 0. The number of halogens is 3. The number of aliphatic hydroxyl groups excluding tert-OH is 1. The van der Waals surface area contributed by atoms with Crippen molar-refractivity contribution in [3.63, 3.8) is 0 Å². The fraction of sp³-hybridized carbons (Fsp3) is 0.500. The molecule has 1 aliphatic rings. The largest absolute Gasteiger partial charge is 0.416 e. The Morgan fingerprint density at radius 2 is 1.81 bits per heavy atom. The van der Waals surface area contributed by atoms with Gasteiger partial charge >= 0.3 is 6.18 Å². The standard InChI is InChI=1S/C14H17F3N2O2/c15-14(16,17)10-3-1-9(2-4-10)12(20)13(21)19-11-5-7-18-8-6-11/h1-4,11-12,18,20H,5-8H2,(H,19,21). The van der Waals surface area contributed by atoms with E-state index in [1.54, 1.807) is 0 Å². The second kappa shape index (κ2) is 6.44. The summed E-state index contributed by atoms with van der Waals surface area (Å²) in [6, 6.07) is 3.94. The minimum absolute atomic E-state index is 0.0113. The first-order valence-corrected chi connectivity index (χ1v) is 6.74. The van der Waals surface area contributed by atoms with Crippen LogP contribution in [0.25, 0.3) is 0 Å². The molecular weight excluding hydrogens is 285 g/mol. The Morgan fingerprint density at radius 1 is 1.24 bits per heavy atom. The highest BCUT2D eigenvalue weighted by molar-refractivity contribution is 5.82. The normalized spacial score (nSPS) is 18.3. The van der Waals surface area contributed by atoms with Crippen LogP contribution in [0.5, 0.6) is 0 Å². The average molecular weight is 302 g/mol. The lowest BCUT2D eigenvalue weighted by molar-refractivity contribution is -0.137. The molecule has 3 N–H and O–H groups in total. The number of amides is 1. The number of benzene rings is 1. The van der Waals surface area contributed by atoms with Crippen molar-refractivity contribution in [2.75, 3.05) is 13.1 Å². The SMILES string of the molecule is O=C(NC1CCNCC1)C(O)c1ccc(C(F)(F)F)cc1. The molecule has 1 aliphatic heterocycles. The Balaban J connectivity index is 1.98. The lowest BCUT2D eigenvalue weighted by Crippen LogP contribution is -2.44. The van der Waals surface area contributed by atoms with Crippen LogP contribution in [-0.2, 0) is 11.0 Å². The van der Waals surface area contributed by atoms with Crippen LogP contribution in [0.1, 0.15) is 30.1 Å². The first-order valence-electron chi connectivity index (χ1n) is 6.74. The van der Waals surface area contributed by atoms with Gasteiger partial charge in [0.1, 0.15) is 0 Å². The quantitative estimate of drug-likeness (QED) is 0.795. The molecule has 1 aromatic rings. The second-order valence-electron chi connectivity index (χ2n) is 5.06. The van der Waals surface area contributed by atoms with E-state index in [1.165, 1.54) is 0 Å². The van der Waals surface area contributed by atoms with Crippen LogP contribution in [-0.4, -0.2) is 30.1 Å². The van der Waals surface area contributed by atoms with Crippen molar-refractivity contribution in [2.24, 2.45) is 0 Å². The van der Waals surface area contributed by atoms with Gasteiger partial charge in [0.25, 0.3) is 5.91 Å². The Bertz CT molecular complexity index is 482. The van der Waals surface area contributed by atoms with Crippen molar-refractivity contribution < 1.29 is 23.1 Å². The van der Waals surface area contributed by atoms with E-state index in [1.807, 2.05) is 0 Å². The minimum atomic E-state index is -4.43. The molecule has 4 nitrogen and oxygen atoms in total. The predicted molar refractivity (Wildman–Crippen MR) is 70.4 cm³/mol. The van der Waals surface area contributed by atoms with Crippen LogP contribution in [0.15, 0.2) is 24.3 Å². The van der Waals surface area contributed by atoms with Crippen molar-refractivity contribution in [1.29, 1.82) is 0 Å². The molecule has 1 atom stereocenters. The van der Waals surface area contributed by atoms with Gasteiger partial charge in [-0.2, -0.15) is 13.2 Å². The highest BCUT2D eigenvalue weighted by Crippen LogP contribution is 2.29. The molecule has 116 valence electrons. The second-order valence-corrected chi connectivity index (χ2v) is 5.06. The van der Waals surface area contributed by atoms with Crippen LogP contribution < -0.4 is 10.6 Å². The number of rotatable bonds is 3. The first-order chi connectivity index (χ1) is 9.88. The minimum Gasteiger partial charge on any atom is -0.378 e. The molecule has 1 saturated heterocycles. The summed E-state index contributed by atoms with van der Waals surface area (Å²) in [5.74, 6) is -0.582. The van der Waals surface area contributed by atoms with Gasteiger partial charge in [0, 0.05) is 6.04 Å². The predicted octanol–water partition coefficient (Wildman–Crippen LogP) is 1.61. The highest BCUT2D eigenvalue weighted by Gasteiger charge is 2.30. The van der Waals surface area contributed by atoms with Crippen molar-refractivity contribution >= 4 is 5.91 Å². The number of aliphatic hydroxyl groups is 1. The van der Waals surface area contributed by atoms with Crippen molar-refractivity contribution in [3.8, 4) is 0 Å². The number of carbonyl (C=O) groups excluding carboxylic acids is 1. The number of hydrogen-bond acceptors (Lipinski definition) is 3. The molecule has 0 saturated carbocycles. The maximum Gasteiger partial charge on any atom is 0.416 e. The molecule has 7 heteroatoms. The number of piperidine rings is 1. The Kier molecular flexibility index (Phi) is 4.84. The molecular formula is C14H17F3N2O2. The molecule has 1 unspecified atom stereocenters. The summed E-state index contributed by atoms with van der Waals surface area (Å²) in [6.45, 7) is 1.59. The van der Waals surface area contributed by atoms with Gasteiger partial charge in [-0.15, -0.1) is 0 Å². The van der Waals surface area contributed by atoms with Gasteiger partial charge < -0.3 is 15.7 Å². The molecule has 0 aromatic heterocycles. The lowest BCUT2D eigenvalue weighted by atomic mass is 10.0. The molecule has 1 amide bonds. The highest BCUT2D eigenvalue weighted by atomic mass is 19.4. The molecule has 0 aliphatic carbocycles.